The summed E-state index contributed by atoms with van der Waals surface area (Å²) in [4.78, 5) is 6.37. The van der Waals surface area contributed by atoms with Gasteiger partial charge in [-0.05, 0) is 44.1 Å². The topological polar surface area (TPSA) is 137 Å². The smallest absolute Gasteiger partial charge is 0.202 e. The molecule has 0 bridgehead atoms. The van der Waals surface area contributed by atoms with E-state index in [2.05, 4.69) is 20.1 Å². The van der Waals surface area contributed by atoms with Crippen molar-refractivity contribution in [3.63, 3.8) is 0 Å². The average molecular weight is 472 g/mol. The van der Waals surface area contributed by atoms with Crippen molar-refractivity contribution in [2.75, 3.05) is 37.0 Å². The van der Waals surface area contributed by atoms with Crippen LogP contribution in [0.25, 0.3) is 11.1 Å². The number of rotatable bonds is 7. The van der Waals surface area contributed by atoms with Gasteiger partial charge in [0.05, 0.1) is 17.4 Å². The fraction of sp³-hybridized carbons (Fsp3) is 0.318. The highest BCUT2D eigenvalue weighted by molar-refractivity contribution is 6.12. The van der Waals surface area contributed by atoms with Crippen LogP contribution in [-0.2, 0) is 7.05 Å². The van der Waals surface area contributed by atoms with Crippen molar-refractivity contribution in [3.8, 4) is 16.9 Å². The lowest BCUT2D eigenvalue weighted by molar-refractivity contribution is 0.229. The number of ether oxygens (including phenoxy) is 1. The van der Waals surface area contributed by atoms with E-state index >= 15 is 0 Å². The molecule has 4 rings (SSSR count). The lowest BCUT2D eigenvalue weighted by Crippen LogP contribution is -2.40. The number of benzene rings is 1. The number of hydrazone groups is 1. The Hall–Kier alpha value is -3.77. The highest BCUT2D eigenvalue weighted by Crippen LogP contribution is 2.30. The summed E-state index contributed by atoms with van der Waals surface area (Å²) in [5, 5.41) is 8.63. The summed E-state index contributed by atoms with van der Waals surface area (Å²) in [7, 11) is 1.78. The zero-order valence-corrected chi connectivity index (χ0v) is 18.8. The van der Waals surface area contributed by atoms with E-state index in [4.69, 9.17) is 22.2 Å². The minimum Gasteiger partial charge on any atom is -0.489 e. The first-order chi connectivity index (χ1) is 16.4. The summed E-state index contributed by atoms with van der Waals surface area (Å²) >= 11 is 0. The molecular formula is C22H27F2N9O. The second-order valence-corrected chi connectivity index (χ2v) is 7.99. The second kappa shape index (κ2) is 10.0. The van der Waals surface area contributed by atoms with Crippen LogP contribution in [0.4, 0.5) is 20.3 Å². The van der Waals surface area contributed by atoms with Crippen LogP contribution >= 0.6 is 0 Å². The van der Waals surface area contributed by atoms with E-state index in [1.54, 1.807) is 36.4 Å². The highest BCUT2D eigenvalue weighted by Gasteiger charge is 2.24. The Bertz CT molecular complexity index is 1190. The number of aryl methyl sites for hydroxylation is 1. The minimum absolute atomic E-state index is 0.0648. The molecule has 12 heteroatoms. The lowest BCUT2D eigenvalue weighted by Gasteiger charge is -2.22. The molecule has 2 aromatic heterocycles. The van der Waals surface area contributed by atoms with Gasteiger partial charge in [-0.25, -0.2) is 15.2 Å². The molecule has 1 fully saturated rings. The van der Waals surface area contributed by atoms with Gasteiger partial charge in [0.25, 0.3) is 0 Å². The molecule has 1 saturated heterocycles. The van der Waals surface area contributed by atoms with Gasteiger partial charge in [-0.2, -0.15) is 14.6 Å². The van der Waals surface area contributed by atoms with Crippen molar-refractivity contribution >= 4 is 17.3 Å². The van der Waals surface area contributed by atoms with Gasteiger partial charge in [0.2, 0.25) is 5.82 Å². The molecule has 0 aliphatic carbocycles. The molecule has 1 aromatic carbocycles. The Labute approximate surface area is 195 Å². The van der Waals surface area contributed by atoms with Crippen molar-refractivity contribution in [2.45, 2.75) is 12.8 Å². The summed E-state index contributed by atoms with van der Waals surface area (Å²) < 4.78 is 36.8. The number of anilines is 2. The van der Waals surface area contributed by atoms with Crippen molar-refractivity contribution in [1.82, 2.24) is 19.7 Å². The molecule has 3 heterocycles. The molecule has 0 amide bonds. The molecule has 180 valence electrons. The van der Waals surface area contributed by atoms with Crippen LogP contribution in [0.2, 0.25) is 0 Å². The van der Waals surface area contributed by atoms with Gasteiger partial charge in [-0.1, -0.05) is 0 Å². The van der Waals surface area contributed by atoms with Gasteiger partial charge >= 0.3 is 0 Å². The number of pyridine rings is 1. The highest BCUT2D eigenvalue weighted by atomic mass is 19.2. The van der Waals surface area contributed by atoms with E-state index < -0.39 is 11.6 Å². The number of hydrazine groups is 1. The lowest BCUT2D eigenvalue weighted by atomic mass is 10.1. The van der Waals surface area contributed by atoms with Crippen molar-refractivity contribution in [3.05, 3.63) is 54.0 Å². The molecule has 1 aliphatic rings. The number of nitrogens with zero attached hydrogens (tertiary/aromatic N) is 6. The quantitative estimate of drug-likeness (QED) is 0.205. The fourth-order valence-corrected chi connectivity index (χ4v) is 3.87. The van der Waals surface area contributed by atoms with E-state index in [-0.39, 0.29) is 35.3 Å². The molecule has 1 aliphatic heterocycles. The molecule has 0 radical (unpaired) electrons. The molecule has 3 aromatic rings. The van der Waals surface area contributed by atoms with Crippen LogP contribution < -0.4 is 27.2 Å². The van der Waals surface area contributed by atoms with Crippen LogP contribution in [0.15, 0.2) is 41.9 Å². The number of hydrogen-bond donors (Lipinski definition) is 3. The first-order valence-electron chi connectivity index (χ1n) is 10.8. The normalized spacial score (nSPS) is 14.5. The first kappa shape index (κ1) is 23.4. The third-order valence-corrected chi connectivity index (χ3v) is 5.70. The Kier molecular flexibility index (Phi) is 6.89. The maximum Gasteiger partial charge on any atom is 0.202 e. The number of likely N-dealkylation sites (tertiary alicyclic amines) is 1. The van der Waals surface area contributed by atoms with Crippen LogP contribution in [-0.4, -0.2) is 51.7 Å². The molecule has 0 unspecified atom stereocenters. The van der Waals surface area contributed by atoms with E-state index in [1.807, 2.05) is 0 Å². The van der Waals surface area contributed by atoms with Gasteiger partial charge in [0.1, 0.15) is 12.4 Å². The van der Waals surface area contributed by atoms with Gasteiger partial charge in [-0.15, -0.1) is 0 Å². The van der Waals surface area contributed by atoms with Crippen LogP contribution in [0, 0.1) is 11.6 Å². The van der Waals surface area contributed by atoms with E-state index in [9.17, 15) is 8.78 Å². The second-order valence-electron chi connectivity index (χ2n) is 7.99. The van der Waals surface area contributed by atoms with Crippen LogP contribution in [0.5, 0.6) is 5.75 Å². The predicted octanol–water partition coefficient (Wildman–Crippen LogP) is 1.82. The Morgan fingerprint density at radius 1 is 1.18 bits per heavy atom. The Balaban J connectivity index is 1.56. The summed E-state index contributed by atoms with van der Waals surface area (Å²) in [6, 6.07) is 4.26. The summed E-state index contributed by atoms with van der Waals surface area (Å²) in [5.41, 5.74) is 7.41. The average Bonchev–Trinajstić information content (AvgIpc) is 3.50. The number of nitrogen functional groups attached to an aromatic ring is 1. The third kappa shape index (κ3) is 4.77. The summed E-state index contributed by atoms with van der Waals surface area (Å²) in [6.45, 7) is 2.88. The molecular weight excluding hydrogens is 444 g/mol. The SMILES string of the molecule is Cn1cc(-c2cnc(N)c(/C(=N/N)N(N)c3ccc(OCCN4CCCC4)c(F)c3F)c2)cn1. The molecule has 10 nitrogen and oxygen atoms in total. The summed E-state index contributed by atoms with van der Waals surface area (Å²) in [5.74, 6) is 9.11. The van der Waals surface area contributed by atoms with Crippen molar-refractivity contribution < 1.29 is 13.5 Å². The van der Waals surface area contributed by atoms with Gasteiger partial charge in [0, 0.05) is 37.1 Å². The standard InChI is InChI=1S/C22H27F2N9O/c1-31-13-15(12-29-31)14-10-16(21(25)28-11-14)22(30-26)33(27)17-4-5-18(20(24)19(17)23)34-9-8-32-6-2-3-7-32/h4-5,10-13H,2-3,6-9,26-27H2,1H3,(H2,25,28)/b30-22-. The number of hydrogen-bond acceptors (Lipinski definition) is 8. The van der Waals surface area contributed by atoms with Crippen molar-refractivity contribution in [1.29, 1.82) is 0 Å². The molecule has 0 spiro atoms. The summed E-state index contributed by atoms with van der Waals surface area (Å²) in [6.07, 6.45) is 7.27. The third-order valence-electron chi connectivity index (χ3n) is 5.70. The van der Waals surface area contributed by atoms with E-state index in [0.29, 0.717) is 12.1 Å². The molecule has 0 saturated carbocycles. The maximum absolute atomic E-state index is 15.0. The number of nitrogens with two attached hydrogens (primary N) is 3. The van der Waals surface area contributed by atoms with E-state index in [0.717, 1.165) is 36.5 Å². The molecule has 6 N–H and O–H groups in total. The molecule has 0 atom stereocenters. The largest absolute Gasteiger partial charge is 0.489 e. The van der Waals surface area contributed by atoms with Crippen molar-refractivity contribution in [2.24, 2.45) is 23.8 Å². The fourth-order valence-electron chi connectivity index (χ4n) is 3.87. The Morgan fingerprint density at radius 3 is 2.62 bits per heavy atom. The van der Waals surface area contributed by atoms with E-state index in [1.165, 1.54) is 12.1 Å². The van der Waals surface area contributed by atoms with Crippen LogP contribution in [0.3, 0.4) is 0 Å². The van der Waals surface area contributed by atoms with Gasteiger partial charge in [-0.3, -0.25) is 14.6 Å². The predicted molar refractivity (Wildman–Crippen MR) is 126 cm³/mol. The molecule has 34 heavy (non-hydrogen) atoms. The number of halogens is 2. The number of amidine groups is 1. The minimum atomic E-state index is -1.20. The van der Waals surface area contributed by atoms with Crippen LogP contribution in [0.1, 0.15) is 18.4 Å². The Morgan fingerprint density at radius 2 is 1.94 bits per heavy atom. The maximum atomic E-state index is 15.0. The monoisotopic (exact) mass is 471 g/mol. The number of aromatic nitrogens is 3. The van der Waals surface area contributed by atoms with Gasteiger partial charge in [0.15, 0.2) is 17.4 Å². The van der Waals surface area contributed by atoms with Gasteiger partial charge < -0.3 is 16.3 Å². The zero-order chi connectivity index (χ0) is 24.2. The zero-order valence-electron chi connectivity index (χ0n) is 18.8. The first-order valence-corrected chi connectivity index (χ1v) is 10.8.